The van der Waals surface area contributed by atoms with Crippen molar-refractivity contribution in [3.05, 3.63) is 68.7 Å². The van der Waals surface area contributed by atoms with Crippen LogP contribution in [0, 0.1) is 16.0 Å². The van der Waals surface area contributed by atoms with Gasteiger partial charge in [-0.05, 0) is 42.3 Å². The topological polar surface area (TPSA) is 84.7 Å². The van der Waals surface area contributed by atoms with Gasteiger partial charge in [-0.25, -0.2) is 0 Å². The Morgan fingerprint density at radius 1 is 1.24 bits per heavy atom. The summed E-state index contributed by atoms with van der Waals surface area (Å²) in [6, 6.07) is 11.8. The van der Waals surface area contributed by atoms with Crippen LogP contribution in [0.25, 0.3) is 0 Å². The summed E-state index contributed by atoms with van der Waals surface area (Å²) in [6.07, 6.45) is 0. The highest BCUT2D eigenvalue weighted by Gasteiger charge is 2.20. The lowest BCUT2D eigenvalue weighted by Crippen LogP contribution is -2.38. The Kier molecular flexibility index (Phi) is 7.99. The number of halogens is 1. The number of methoxy groups -OCH3 is 1. The van der Waals surface area contributed by atoms with Gasteiger partial charge >= 0.3 is 0 Å². The Morgan fingerprint density at radius 2 is 1.90 bits per heavy atom. The zero-order chi connectivity index (χ0) is 21.6. The standard InChI is InChI=1S/C21H26ClN3O4/c1-14(2)21(15-5-8-18(29-4)9-6-15)23-20(26)13-24(3)12-16-11-17(25(27)28)7-10-19(16)22/h5-11,14,21H,12-13H2,1-4H3,(H,23,26). The van der Waals surface area contributed by atoms with E-state index in [9.17, 15) is 14.9 Å². The van der Waals surface area contributed by atoms with Crippen LogP contribution in [-0.2, 0) is 11.3 Å². The number of non-ortho nitro benzene ring substituents is 1. The van der Waals surface area contributed by atoms with Crippen molar-refractivity contribution in [3.63, 3.8) is 0 Å². The van der Waals surface area contributed by atoms with Crippen LogP contribution in [-0.4, -0.2) is 36.4 Å². The first-order valence-electron chi connectivity index (χ1n) is 9.26. The normalized spacial score (nSPS) is 12.1. The maximum absolute atomic E-state index is 12.6. The van der Waals surface area contributed by atoms with Gasteiger partial charge in [-0.1, -0.05) is 37.6 Å². The van der Waals surface area contributed by atoms with E-state index >= 15 is 0 Å². The second-order valence-electron chi connectivity index (χ2n) is 7.27. The summed E-state index contributed by atoms with van der Waals surface area (Å²) in [5.74, 6) is 0.823. The average molecular weight is 420 g/mol. The molecule has 0 saturated heterocycles. The predicted molar refractivity (Wildman–Crippen MR) is 113 cm³/mol. The van der Waals surface area contributed by atoms with Gasteiger partial charge in [0.25, 0.3) is 5.69 Å². The van der Waals surface area contributed by atoms with Crippen molar-refractivity contribution in [2.45, 2.75) is 26.4 Å². The summed E-state index contributed by atoms with van der Waals surface area (Å²) in [4.78, 5) is 24.9. The van der Waals surface area contributed by atoms with Crippen molar-refractivity contribution in [1.82, 2.24) is 10.2 Å². The molecule has 2 aromatic carbocycles. The Morgan fingerprint density at radius 3 is 2.45 bits per heavy atom. The van der Waals surface area contributed by atoms with Gasteiger partial charge in [-0.15, -0.1) is 0 Å². The van der Waals surface area contributed by atoms with E-state index < -0.39 is 4.92 Å². The molecule has 2 aromatic rings. The fourth-order valence-electron chi connectivity index (χ4n) is 3.05. The Balaban J connectivity index is 2.02. The van der Waals surface area contributed by atoms with Crippen molar-refractivity contribution in [2.75, 3.05) is 20.7 Å². The van der Waals surface area contributed by atoms with Crippen LogP contribution in [0.1, 0.15) is 31.0 Å². The molecule has 29 heavy (non-hydrogen) atoms. The lowest BCUT2D eigenvalue weighted by molar-refractivity contribution is -0.384. The maximum atomic E-state index is 12.6. The largest absolute Gasteiger partial charge is 0.497 e. The molecule has 0 saturated carbocycles. The van der Waals surface area contributed by atoms with E-state index in [0.29, 0.717) is 17.1 Å². The van der Waals surface area contributed by atoms with Crippen LogP contribution in [0.2, 0.25) is 5.02 Å². The third kappa shape index (κ3) is 6.44. The minimum atomic E-state index is -0.464. The number of rotatable bonds is 9. The summed E-state index contributed by atoms with van der Waals surface area (Å²) in [6.45, 7) is 4.55. The third-order valence-electron chi connectivity index (χ3n) is 4.55. The molecule has 156 valence electrons. The van der Waals surface area contributed by atoms with Crippen LogP contribution in [0.5, 0.6) is 5.75 Å². The molecule has 8 heteroatoms. The zero-order valence-corrected chi connectivity index (χ0v) is 17.8. The number of ether oxygens (including phenoxy) is 1. The summed E-state index contributed by atoms with van der Waals surface area (Å²) in [7, 11) is 3.38. The molecule has 2 rings (SSSR count). The van der Waals surface area contributed by atoms with Gasteiger partial charge in [0.2, 0.25) is 5.91 Å². The number of hydrogen-bond acceptors (Lipinski definition) is 5. The summed E-state index contributed by atoms with van der Waals surface area (Å²) in [5, 5.41) is 14.5. The number of hydrogen-bond donors (Lipinski definition) is 1. The number of nitro benzene ring substituents is 1. The van der Waals surface area contributed by atoms with Crippen molar-refractivity contribution >= 4 is 23.2 Å². The molecule has 1 atom stereocenters. The monoisotopic (exact) mass is 419 g/mol. The van der Waals surface area contributed by atoms with Gasteiger partial charge in [0.15, 0.2) is 0 Å². The number of carbonyl (C=O) groups excluding carboxylic acids is 1. The number of nitro groups is 1. The molecule has 0 aliphatic carbocycles. The highest BCUT2D eigenvalue weighted by atomic mass is 35.5. The SMILES string of the molecule is COc1ccc(C(NC(=O)CN(C)Cc2cc([N+](=O)[O-])ccc2Cl)C(C)C)cc1. The molecule has 0 aliphatic rings. The first kappa shape index (κ1) is 22.6. The highest BCUT2D eigenvalue weighted by Crippen LogP contribution is 2.25. The number of likely N-dealkylation sites (N-methyl/N-ethyl adjacent to an activating group) is 1. The van der Waals surface area contributed by atoms with Gasteiger partial charge < -0.3 is 10.1 Å². The van der Waals surface area contributed by atoms with E-state index in [0.717, 1.165) is 11.3 Å². The van der Waals surface area contributed by atoms with E-state index in [4.69, 9.17) is 16.3 Å². The second kappa shape index (κ2) is 10.2. The first-order valence-corrected chi connectivity index (χ1v) is 9.63. The molecule has 0 heterocycles. The molecule has 0 radical (unpaired) electrons. The van der Waals surface area contributed by atoms with Crippen LogP contribution < -0.4 is 10.1 Å². The fraction of sp³-hybridized carbons (Fsp3) is 0.381. The Bertz CT molecular complexity index is 856. The average Bonchev–Trinajstić information content (AvgIpc) is 2.67. The lowest BCUT2D eigenvalue weighted by atomic mass is 9.96. The molecule has 1 unspecified atom stereocenters. The minimum Gasteiger partial charge on any atom is -0.497 e. The molecular formula is C21H26ClN3O4. The predicted octanol–water partition coefficient (Wildman–Crippen LogP) is 4.20. The quantitative estimate of drug-likeness (QED) is 0.486. The molecular weight excluding hydrogens is 394 g/mol. The Hall–Kier alpha value is -2.64. The van der Waals surface area contributed by atoms with E-state index in [2.05, 4.69) is 5.32 Å². The lowest BCUT2D eigenvalue weighted by Gasteiger charge is -2.25. The molecule has 1 N–H and O–H groups in total. The molecule has 0 aromatic heterocycles. The van der Waals surface area contributed by atoms with Gasteiger partial charge in [-0.2, -0.15) is 0 Å². The molecule has 0 spiro atoms. The van der Waals surface area contributed by atoms with Crippen molar-refractivity contribution in [2.24, 2.45) is 5.92 Å². The van der Waals surface area contributed by atoms with E-state index in [1.165, 1.54) is 18.2 Å². The van der Waals surface area contributed by atoms with Crippen molar-refractivity contribution < 1.29 is 14.5 Å². The molecule has 7 nitrogen and oxygen atoms in total. The van der Waals surface area contributed by atoms with Gasteiger partial charge in [0.1, 0.15) is 5.75 Å². The first-order chi connectivity index (χ1) is 13.7. The zero-order valence-electron chi connectivity index (χ0n) is 17.0. The number of amides is 1. The van der Waals surface area contributed by atoms with E-state index in [-0.39, 0.29) is 30.1 Å². The van der Waals surface area contributed by atoms with Crippen molar-refractivity contribution in [1.29, 1.82) is 0 Å². The van der Waals surface area contributed by atoms with Crippen molar-refractivity contribution in [3.8, 4) is 5.75 Å². The molecule has 0 fully saturated rings. The third-order valence-corrected chi connectivity index (χ3v) is 4.92. The van der Waals surface area contributed by atoms with Crippen LogP contribution in [0.3, 0.4) is 0 Å². The number of nitrogens with zero attached hydrogens (tertiary/aromatic N) is 2. The van der Waals surface area contributed by atoms with E-state index in [1.807, 2.05) is 38.1 Å². The van der Waals surface area contributed by atoms with Crippen LogP contribution >= 0.6 is 11.6 Å². The van der Waals surface area contributed by atoms with Gasteiger partial charge in [-0.3, -0.25) is 19.8 Å². The minimum absolute atomic E-state index is 0.0263. The maximum Gasteiger partial charge on any atom is 0.269 e. The van der Waals surface area contributed by atoms with Crippen LogP contribution in [0.15, 0.2) is 42.5 Å². The van der Waals surface area contributed by atoms with Crippen LogP contribution in [0.4, 0.5) is 5.69 Å². The molecule has 0 bridgehead atoms. The van der Waals surface area contributed by atoms with Gasteiger partial charge in [0, 0.05) is 23.7 Å². The highest BCUT2D eigenvalue weighted by molar-refractivity contribution is 6.31. The molecule has 1 amide bonds. The number of carbonyl (C=O) groups is 1. The number of nitrogens with one attached hydrogen (secondary N) is 1. The summed E-state index contributed by atoms with van der Waals surface area (Å²) in [5.41, 5.74) is 1.58. The van der Waals surface area contributed by atoms with E-state index in [1.54, 1.807) is 19.1 Å². The molecule has 0 aliphatic heterocycles. The number of benzene rings is 2. The summed E-state index contributed by atoms with van der Waals surface area (Å²) < 4.78 is 5.19. The smallest absolute Gasteiger partial charge is 0.269 e. The summed E-state index contributed by atoms with van der Waals surface area (Å²) >= 11 is 6.15. The second-order valence-corrected chi connectivity index (χ2v) is 7.67. The Labute approximate surface area is 175 Å². The van der Waals surface area contributed by atoms with Gasteiger partial charge in [0.05, 0.1) is 24.6 Å². The fourth-order valence-corrected chi connectivity index (χ4v) is 3.23.